The van der Waals surface area contributed by atoms with Gasteiger partial charge in [0.2, 0.25) is 0 Å². The van der Waals surface area contributed by atoms with Crippen LogP contribution in [0.4, 0.5) is 0 Å². The third-order valence-electron chi connectivity index (χ3n) is 4.68. The number of rotatable bonds is 2. The van der Waals surface area contributed by atoms with E-state index in [9.17, 15) is 14.7 Å². The number of carboxylic acid groups (broad SMARTS) is 1. The number of amides is 1. The number of likely N-dealkylation sites (tertiary alicyclic amines) is 1. The van der Waals surface area contributed by atoms with Crippen molar-refractivity contribution in [1.82, 2.24) is 4.90 Å². The number of nitrogens with zero attached hydrogens (tertiary/aromatic N) is 1. The molecule has 0 radical (unpaired) electrons. The fraction of sp³-hybridized carbons (Fsp3) is 0.500. The molecule has 1 saturated carbocycles. The Labute approximate surface area is 128 Å². The summed E-state index contributed by atoms with van der Waals surface area (Å²) in [6, 6.07) is 6.10. The second-order valence-corrected chi connectivity index (χ2v) is 6.36. The van der Waals surface area contributed by atoms with Crippen molar-refractivity contribution in [1.29, 1.82) is 0 Å². The topological polar surface area (TPSA) is 57.6 Å². The lowest BCUT2D eigenvalue weighted by atomic mass is 9.84. The second-order valence-electron chi connectivity index (χ2n) is 5.92. The van der Waals surface area contributed by atoms with Crippen LogP contribution in [0.2, 0.25) is 5.02 Å². The highest BCUT2D eigenvalue weighted by atomic mass is 35.5. The van der Waals surface area contributed by atoms with Gasteiger partial charge < -0.3 is 10.0 Å². The maximum absolute atomic E-state index is 12.8. The van der Waals surface area contributed by atoms with Crippen LogP contribution < -0.4 is 0 Å². The molecule has 4 nitrogen and oxygen atoms in total. The molecule has 2 fully saturated rings. The Bertz CT molecular complexity index is 574. The monoisotopic (exact) mass is 307 g/mol. The molecule has 1 aliphatic heterocycles. The Morgan fingerprint density at radius 2 is 2.00 bits per heavy atom. The highest BCUT2D eigenvalue weighted by Crippen LogP contribution is 2.40. The standard InChI is InChI=1S/C16H18ClNO3/c17-12-6-3-5-11(8-12)15(19)18-13-7-2-1-4-10(13)9-14(18)16(20)21/h3,5-6,8,10,13-14H,1-2,4,7,9H2,(H,20,21)/t10-,13+,14-/m1/s1. The van der Waals surface area contributed by atoms with E-state index in [-0.39, 0.29) is 11.9 Å². The van der Waals surface area contributed by atoms with Crippen LogP contribution in [-0.4, -0.2) is 34.0 Å². The molecule has 1 aromatic rings. The number of carbonyl (C=O) groups is 2. The van der Waals surface area contributed by atoms with Crippen molar-refractivity contribution in [3.05, 3.63) is 34.9 Å². The number of hydrogen-bond donors (Lipinski definition) is 1. The van der Waals surface area contributed by atoms with Gasteiger partial charge in [-0.25, -0.2) is 4.79 Å². The minimum absolute atomic E-state index is 0.0614. The van der Waals surface area contributed by atoms with Gasteiger partial charge in [0.05, 0.1) is 0 Å². The Kier molecular flexibility index (Phi) is 3.89. The number of aliphatic carboxylic acids is 1. The fourth-order valence-corrected chi connectivity index (χ4v) is 3.93. The molecule has 0 unspecified atom stereocenters. The summed E-state index contributed by atoms with van der Waals surface area (Å²) in [7, 11) is 0. The van der Waals surface area contributed by atoms with E-state index >= 15 is 0 Å². The van der Waals surface area contributed by atoms with Gasteiger partial charge in [0.25, 0.3) is 5.91 Å². The molecular weight excluding hydrogens is 290 g/mol. The second kappa shape index (κ2) is 5.68. The lowest BCUT2D eigenvalue weighted by Gasteiger charge is -2.33. The fourth-order valence-electron chi connectivity index (χ4n) is 3.74. The van der Waals surface area contributed by atoms with Crippen LogP contribution in [0.25, 0.3) is 0 Å². The van der Waals surface area contributed by atoms with Crippen LogP contribution in [0.15, 0.2) is 24.3 Å². The Balaban J connectivity index is 1.92. The van der Waals surface area contributed by atoms with E-state index in [1.54, 1.807) is 29.2 Å². The van der Waals surface area contributed by atoms with Gasteiger partial charge in [-0.3, -0.25) is 4.79 Å². The third-order valence-corrected chi connectivity index (χ3v) is 4.91. The molecule has 1 amide bonds. The van der Waals surface area contributed by atoms with Gasteiger partial charge in [0.15, 0.2) is 0 Å². The van der Waals surface area contributed by atoms with Crippen molar-refractivity contribution in [2.24, 2.45) is 5.92 Å². The molecule has 0 aromatic heterocycles. The lowest BCUT2D eigenvalue weighted by Crippen LogP contribution is -2.46. The van der Waals surface area contributed by atoms with E-state index in [4.69, 9.17) is 11.6 Å². The minimum atomic E-state index is -0.903. The van der Waals surface area contributed by atoms with Gasteiger partial charge in [-0.1, -0.05) is 30.5 Å². The van der Waals surface area contributed by atoms with Gasteiger partial charge in [-0.05, 0) is 43.4 Å². The van der Waals surface area contributed by atoms with E-state index in [1.807, 2.05) is 0 Å². The summed E-state index contributed by atoms with van der Waals surface area (Å²) in [5.41, 5.74) is 0.472. The van der Waals surface area contributed by atoms with Crippen molar-refractivity contribution in [2.75, 3.05) is 0 Å². The van der Waals surface area contributed by atoms with Crippen LogP contribution in [-0.2, 0) is 4.79 Å². The van der Waals surface area contributed by atoms with Crippen LogP contribution in [0.3, 0.4) is 0 Å². The van der Waals surface area contributed by atoms with Crippen molar-refractivity contribution < 1.29 is 14.7 Å². The Morgan fingerprint density at radius 1 is 1.24 bits per heavy atom. The number of carbonyl (C=O) groups excluding carboxylic acids is 1. The molecule has 1 aromatic carbocycles. The maximum atomic E-state index is 12.8. The molecule has 2 aliphatic rings. The number of benzene rings is 1. The zero-order chi connectivity index (χ0) is 15.0. The minimum Gasteiger partial charge on any atom is -0.480 e. The Hall–Kier alpha value is -1.55. The smallest absolute Gasteiger partial charge is 0.326 e. The first kappa shape index (κ1) is 14.4. The molecule has 0 bridgehead atoms. The van der Waals surface area contributed by atoms with E-state index < -0.39 is 12.0 Å². The summed E-state index contributed by atoms with van der Waals surface area (Å²) in [6.45, 7) is 0. The zero-order valence-electron chi connectivity index (χ0n) is 11.7. The van der Waals surface area contributed by atoms with Gasteiger partial charge in [0, 0.05) is 16.6 Å². The highest BCUT2D eigenvalue weighted by molar-refractivity contribution is 6.31. The molecule has 1 heterocycles. The van der Waals surface area contributed by atoms with Gasteiger partial charge >= 0.3 is 5.97 Å². The van der Waals surface area contributed by atoms with Crippen LogP contribution in [0.1, 0.15) is 42.5 Å². The van der Waals surface area contributed by atoms with Gasteiger partial charge in [-0.2, -0.15) is 0 Å². The zero-order valence-corrected chi connectivity index (χ0v) is 12.4. The van der Waals surface area contributed by atoms with E-state index in [0.29, 0.717) is 22.9 Å². The molecule has 1 aliphatic carbocycles. The van der Waals surface area contributed by atoms with E-state index in [2.05, 4.69) is 0 Å². The normalized spacial score (nSPS) is 28.2. The molecule has 1 N–H and O–H groups in total. The van der Waals surface area contributed by atoms with Crippen molar-refractivity contribution in [3.8, 4) is 0 Å². The molecule has 112 valence electrons. The average molecular weight is 308 g/mol. The maximum Gasteiger partial charge on any atom is 0.326 e. The predicted molar refractivity (Wildman–Crippen MR) is 79.4 cm³/mol. The first-order valence-electron chi connectivity index (χ1n) is 7.39. The van der Waals surface area contributed by atoms with Crippen molar-refractivity contribution >= 4 is 23.5 Å². The first-order chi connectivity index (χ1) is 10.1. The van der Waals surface area contributed by atoms with Crippen molar-refractivity contribution in [2.45, 2.75) is 44.2 Å². The van der Waals surface area contributed by atoms with Crippen LogP contribution in [0.5, 0.6) is 0 Å². The van der Waals surface area contributed by atoms with Crippen LogP contribution in [0, 0.1) is 5.92 Å². The summed E-state index contributed by atoms with van der Waals surface area (Å²) in [5, 5.41) is 9.95. The Morgan fingerprint density at radius 3 is 2.71 bits per heavy atom. The molecule has 3 rings (SSSR count). The highest BCUT2D eigenvalue weighted by Gasteiger charge is 2.47. The molecule has 21 heavy (non-hydrogen) atoms. The largest absolute Gasteiger partial charge is 0.480 e. The van der Waals surface area contributed by atoms with Crippen molar-refractivity contribution in [3.63, 3.8) is 0 Å². The summed E-state index contributed by atoms with van der Waals surface area (Å²) < 4.78 is 0. The molecule has 3 atom stereocenters. The molecular formula is C16H18ClNO3. The first-order valence-corrected chi connectivity index (χ1v) is 7.77. The molecule has 5 heteroatoms. The van der Waals surface area contributed by atoms with Gasteiger partial charge in [0.1, 0.15) is 6.04 Å². The average Bonchev–Trinajstić information content (AvgIpc) is 2.86. The van der Waals surface area contributed by atoms with E-state index in [1.165, 1.54) is 0 Å². The lowest BCUT2D eigenvalue weighted by molar-refractivity contribution is -0.141. The molecule has 1 saturated heterocycles. The number of carboxylic acids is 1. The summed E-state index contributed by atoms with van der Waals surface area (Å²) in [5.74, 6) is -0.790. The van der Waals surface area contributed by atoms with Gasteiger partial charge in [-0.15, -0.1) is 0 Å². The summed E-state index contributed by atoms with van der Waals surface area (Å²) >= 11 is 5.94. The number of halogens is 1. The molecule has 0 spiro atoms. The third kappa shape index (κ3) is 2.64. The number of fused-ring (bicyclic) bond motifs is 1. The van der Waals surface area contributed by atoms with Crippen LogP contribution >= 0.6 is 11.6 Å². The quantitative estimate of drug-likeness (QED) is 0.913. The number of hydrogen-bond acceptors (Lipinski definition) is 2. The summed E-state index contributed by atoms with van der Waals surface area (Å²) in [4.78, 5) is 25.9. The van der Waals surface area contributed by atoms with E-state index in [0.717, 1.165) is 25.7 Å². The SMILES string of the molecule is O=C(O)[C@H]1C[C@H]2CCCC[C@@H]2N1C(=O)c1cccc(Cl)c1. The predicted octanol–water partition coefficient (Wildman–Crippen LogP) is 3.20. The summed E-state index contributed by atoms with van der Waals surface area (Å²) in [6.07, 6.45) is 4.69.